The number of ether oxygens (including phenoxy) is 2. The summed E-state index contributed by atoms with van der Waals surface area (Å²) >= 11 is 0. The van der Waals surface area contributed by atoms with Gasteiger partial charge in [0, 0.05) is 16.4 Å². The number of hydrogen-bond acceptors (Lipinski definition) is 8. The van der Waals surface area contributed by atoms with Crippen LogP contribution in [0.2, 0.25) is 0 Å². The third-order valence-electron chi connectivity index (χ3n) is 4.71. The van der Waals surface area contributed by atoms with Crippen molar-refractivity contribution in [2.24, 2.45) is 5.92 Å². The molecule has 0 N–H and O–H groups in total. The van der Waals surface area contributed by atoms with Gasteiger partial charge in [0.25, 0.3) is 0 Å². The van der Waals surface area contributed by atoms with E-state index in [4.69, 9.17) is 9.47 Å². The fourth-order valence-corrected chi connectivity index (χ4v) is 5.73. The first-order valence-electron chi connectivity index (χ1n) is 9.10. The van der Waals surface area contributed by atoms with E-state index in [1.165, 1.54) is 6.92 Å². The van der Waals surface area contributed by atoms with Crippen molar-refractivity contribution in [2.75, 3.05) is 19.0 Å². The Bertz CT molecular complexity index is 905. The number of benzene rings is 1. The van der Waals surface area contributed by atoms with E-state index in [-0.39, 0.29) is 23.7 Å². The van der Waals surface area contributed by atoms with E-state index in [1.807, 2.05) is 0 Å². The third kappa shape index (κ3) is 4.64. The van der Waals surface area contributed by atoms with Crippen LogP contribution in [0.3, 0.4) is 0 Å². The van der Waals surface area contributed by atoms with E-state index in [2.05, 4.69) is 0 Å². The van der Waals surface area contributed by atoms with Gasteiger partial charge in [-0.3, -0.25) is 19.7 Å². The second kappa shape index (κ2) is 9.17. The molecule has 1 aliphatic heterocycles. The zero-order valence-electron chi connectivity index (χ0n) is 16.4. The Morgan fingerprint density at radius 1 is 1.14 bits per heavy atom. The normalized spacial score (nSPS) is 19.1. The molecule has 9 nitrogen and oxygen atoms in total. The molecule has 0 aromatic heterocycles. The Labute approximate surface area is 168 Å². The fraction of sp³-hybridized carbons (Fsp3) is 0.474. The van der Waals surface area contributed by atoms with Gasteiger partial charge in [0.15, 0.2) is 15.8 Å². The monoisotopic (exact) mass is 425 g/mol. The van der Waals surface area contributed by atoms with Gasteiger partial charge in [-0.2, -0.15) is 0 Å². The van der Waals surface area contributed by atoms with E-state index < -0.39 is 50.3 Å². The van der Waals surface area contributed by atoms with Gasteiger partial charge in [-0.1, -0.05) is 30.3 Å². The van der Waals surface area contributed by atoms with Crippen LogP contribution in [0.5, 0.6) is 0 Å². The molecule has 29 heavy (non-hydrogen) atoms. The van der Waals surface area contributed by atoms with Crippen LogP contribution in [0.15, 0.2) is 40.8 Å². The molecule has 158 valence electrons. The highest BCUT2D eigenvalue weighted by atomic mass is 32.2. The van der Waals surface area contributed by atoms with E-state index in [9.17, 15) is 28.1 Å². The van der Waals surface area contributed by atoms with Gasteiger partial charge >= 0.3 is 11.9 Å². The van der Waals surface area contributed by atoms with Gasteiger partial charge in [-0.15, -0.1) is 0 Å². The first-order chi connectivity index (χ1) is 13.7. The molecule has 0 fully saturated rings. The Morgan fingerprint density at radius 3 is 2.07 bits per heavy atom. The van der Waals surface area contributed by atoms with Crippen LogP contribution in [0.25, 0.3) is 0 Å². The number of allylic oxidation sites excluding steroid dienone is 1. The maximum Gasteiger partial charge on any atom is 0.321 e. The van der Waals surface area contributed by atoms with E-state index in [0.29, 0.717) is 5.56 Å². The predicted octanol–water partition coefficient (Wildman–Crippen LogP) is 1.86. The van der Waals surface area contributed by atoms with Crippen molar-refractivity contribution in [3.8, 4) is 0 Å². The van der Waals surface area contributed by atoms with E-state index in [0.717, 1.165) is 0 Å². The van der Waals surface area contributed by atoms with Crippen molar-refractivity contribution >= 4 is 21.8 Å². The molecule has 1 aromatic carbocycles. The molecule has 1 heterocycles. The van der Waals surface area contributed by atoms with Crippen LogP contribution in [0.1, 0.15) is 32.3 Å². The molecule has 0 amide bonds. The Hall–Kier alpha value is -2.75. The third-order valence-corrected chi connectivity index (χ3v) is 6.71. The Morgan fingerprint density at radius 2 is 1.66 bits per heavy atom. The molecular formula is C19H23NO8S. The van der Waals surface area contributed by atoms with Gasteiger partial charge in [-0.05, 0) is 26.3 Å². The zero-order chi connectivity index (χ0) is 21.8. The van der Waals surface area contributed by atoms with Crippen molar-refractivity contribution in [1.82, 2.24) is 0 Å². The maximum absolute atomic E-state index is 12.9. The number of nitro groups is 1. The SMILES string of the molecule is CCOC(=O)C(C(=O)OCC)[C@H](C1=C(C)[C@@H]([N+](=O)[O-])CS1(=O)=O)c1ccccc1. The smallest absolute Gasteiger partial charge is 0.321 e. The Kier molecular flexibility index (Phi) is 7.12. The molecule has 2 atom stereocenters. The van der Waals surface area contributed by atoms with E-state index >= 15 is 0 Å². The molecule has 0 saturated carbocycles. The summed E-state index contributed by atoms with van der Waals surface area (Å²) in [5.74, 6) is -5.51. The van der Waals surface area contributed by atoms with Crippen molar-refractivity contribution in [1.29, 1.82) is 0 Å². The lowest BCUT2D eigenvalue weighted by Crippen LogP contribution is -2.35. The van der Waals surface area contributed by atoms with Gasteiger partial charge in [0.2, 0.25) is 6.04 Å². The lowest BCUT2D eigenvalue weighted by Gasteiger charge is -2.26. The topological polar surface area (TPSA) is 130 Å². The molecule has 1 aliphatic rings. The van der Waals surface area contributed by atoms with Gasteiger partial charge in [0.1, 0.15) is 5.75 Å². The van der Waals surface area contributed by atoms with Crippen molar-refractivity contribution in [3.63, 3.8) is 0 Å². The molecule has 0 bridgehead atoms. The van der Waals surface area contributed by atoms with Crippen LogP contribution < -0.4 is 0 Å². The minimum atomic E-state index is -4.10. The number of hydrogen-bond donors (Lipinski definition) is 0. The fourth-order valence-electron chi connectivity index (χ4n) is 3.48. The average Bonchev–Trinajstić information content (AvgIpc) is 2.90. The molecule has 10 heteroatoms. The van der Waals surface area contributed by atoms with Crippen molar-refractivity contribution < 1.29 is 32.4 Å². The standard InChI is InChI=1S/C19H23NO8S/c1-4-27-18(21)16(19(22)28-5-2)15(13-9-7-6-8-10-13)17-12(3)14(20(23)24)11-29(17,25)26/h6-10,14-16H,4-5,11H2,1-3H3/t14-,15+/m0/s1. The highest BCUT2D eigenvalue weighted by molar-refractivity contribution is 7.95. The molecule has 0 unspecified atom stereocenters. The number of carbonyl (C=O) groups is 2. The van der Waals surface area contributed by atoms with Crippen LogP contribution in [0, 0.1) is 16.0 Å². The van der Waals surface area contributed by atoms with Gasteiger partial charge < -0.3 is 9.47 Å². The van der Waals surface area contributed by atoms with Crippen molar-refractivity contribution in [2.45, 2.75) is 32.7 Å². The number of rotatable bonds is 8. The summed E-state index contributed by atoms with van der Waals surface area (Å²) in [7, 11) is -4.10. The quantitative estimate of drug-likeness (QED) is 0.267. The molecule has 0 radical (unpaired) electrons. The summed E-state index contributed by atoms with van der Waals surface area (Å²) in [6, 6.07) is 6.62. The Balaban J connectivity index is 2.76. The molecule has 0 saturated heterocycles. The second-order valence-corrected chi connectivity index (χ2v) is 8.50. The van der Waals surface area contributed by atoms with Gasteiger partial charge in [-0.25, -0.2) is 8.42 Å². The number of nitrogens with zero attached hydrogens (tertiary/aromatic N) is 1. The summed E-state index contributed by atoms with van der Waals surface area (Å²) in [6.07, 6.45) is 0. The summed E-state index contributed by atoms with van der Waals surface area (Å²) in [5.41, 5.74) is 0.350. The number of sulfone groups is 1. The summed E-state index contributed by atoms with van der Waals surface area (Å²) in [5, 5.41) is 11.4. The largest absolute Gasteiger partial charge is 0.465 e. The minimum absolute atomic E-state index is 0.00227. The lowest BCUT2D eigenvalue weighted by atomic mass is 9.83. The summed E-state index contributed by atoms with van der Waals surface area (Å²) in [6.45, 7) is 4.39. The van der Waals surface area contributed by atoms with Gasteiger partial charge in [0.05, 0.1) is 18.1 Å². The summed E-state index contributed by atoms with van der Waals surface area (Å²) < 4.78 is 35.8. The zero-order valence-corrected chi connectivity index (χ0v) is 17.2. The van der Waals surface area contributed by atoms with E-state index in [1.54, 1.807) is 44.2 Å². The first-order valence-corrected chi connectivity index (χ1v) is 10.8. The number of esters is 2. The minimum Gasteiger partial charge on any atom is -0.465 e. The molecular weight excluding hydrogens is 402 g/mol. The first kappa shape index (κ1) is 22.5. The predicted molar refractivity (Wildman–Crippen MR) is 103 cm³/mol. The lowest BCUT2D eigenvalue weighted by molar-refractivity contribution is -0.505. The van der Waals surface area contributed by atoms with Crippen LogP contribution in [-0.2, 0) is 28.9 Å². The van der Waals surface area contributed by atoms with Crippen molar-refractivity contribution in [3.05, 3.63) is 56.5 Å². The highest BCUT2D eigenvalue weighted by Crippen LogP contribution is 2.43. The molecule has 0 aliphatic carbocycles. The van der Waals surface area contributed by atoms with Crippen LogP contribution >= 0.6 is 0 Å². The van der Waals surface area contributed by atoms with Crippen LogP contribution in [0.4, 0.5) is 0 Å². The molecule has 1 aromatic rings. The highest BCUT2D eigenvalue weighted by Gasteiger charge is 2.51. The maximum atomic E-state index is 12.9. The second-order valence-electron chi connectivity index (χ2n) is 6.50. The molecule has 0 spiro atoms. The summed E-state index contributed by atoms with van der Waals surface area (Å²) in [4.78, 5) is 35.8. The average molecular weight is 425 g/mol. The van der Waals surface area contributed by atoms with Crippen LogP contribution in [-0.4, -0.2) is 50.3 Å². The number of carbonyl (C=O) groups excluding carboxylic acids is 2. The molecule has 2 rings (SSSR count).